The maximum absolute atomic E-state index is 14.9. The highest BCUT2D eigenvalue weighted by atomic mass is 16.8. The number of likely N-dealkylation sites (N-methyl/N-ethyl adjacent to an activating group) is 2. The molecule has 462 valence electrons. The fraction of sp³-hybridized carbons (Fsp3) is 0.750. The van der Waals surface area contributed by atoms with Crippen LogP contribution in [0.4, 0.5) is 4.79 Å². The van der Waals surface area contributed by atoms with Crippen molar-refractivity contribution in [2.75, 3.05) is 80.3 Å². The average molecular weight is 1160 g/mol. The number of aromatic nitrogens is 1. The Kier molecular flexibility index (Phi) is 22.6. The molecule has 0 aliphatic carbocycles. The molecule has 0 bridgehead atoms. The zero-order valence-corrected chi connectivity index (χ0v) is 51.7. The van der Waals surface area contributed by atoms with Gasteiger partial charge in [-0.1, -0.05) is 39.0 Å². The molecule has 4 aliphatic heterocycles. The zero-order valence-electron chi connectivity index (χ0n) is 51.7. The third kappa shape index (κ3) is 15.2. The molecule has 2 aromatic rings. The second-order valence-corrected chi connectivity index (χ2v) is 24.0. The summed E-state index contributed by atoms with van der Waals surface area (Å²) in [5, 5.41) is 15.2. The van der Waals surface area contributed by atoms with Crippen molar-refractivity contribution in [3.8, 4) is 0 Å². The highest BCUT2D eigenvalue weighted by Gasteiger charge is 2.58. The normalized spacial score (nSPS) is 36.2. The largest absolute Gasteiger partial charge is 0.509 e. The van der Waals surface area contributed by atoms with Gasteiger partial charge in [0.25, 0.3) is 0 Å². The van der Waals surface area contributed by atoms with Gasteiger partial charge in [-0.05, 0) is 119 Å². The minimum atomic E-state index is -1.64. The molecule has 0 unspecified atom stereocenters. The minimum Gasteiger partial charge on any atom is -0.462 e. The summed E-state index contributed by atoms with van der Waals surface area (Å²) in [6.45, 7) is 22.7. The molecule has 4 aliphatic rings. The van der Waals surface area contributed by atoms with E-state index in [9.17, 15) is 29.1 Å². The molecule has 1 aromatic heterocycles. The first-order valence-corrected chi connectivity index (χ1v) is 28.9. The second kappa shape index (κ2) is 28.0. The molecule has 6 rings (SSSR count). The first-order valence-electron chi connectivity index (χ1n) is 28.9. The van der Waals surface area contributed by atoms with Crippen LogP contribution in [-0.2, 0) is 66.4 Å². The van der Waals surface area contributed by atoms with Crippen LogP contribution in [0, 0.1) is 17.8 Å². The molecule has 0 spiro atoms. The molecular formula is C60H94N4O18. The van der Waals surface area contributed by atoms with E-state index in [1.807, 2.05) is 118 Å². The molecule has 82 heavy (non-hydrogen) atoms. The lowest BCUT2D eigenvalue weighted by Crippen LogP contribution is -2.61. The molecule has 0 radical (unpaired) electrons. The van der Waals surface area contributed by atoms with E-state index >= 15 is 0 Å². The molecule has 1 aromatic carbocycles. The van der Waals surface area contributed by atoms with Gasteiger partial charge in [-0.15, -0.1) is 0 Å². The van der Waals surface area contributed by atoms with Crippen LogP contribution in [0.1, 0.15) is 125 Å². The van der Waals surface area contributed by atoms with E-state index in [-0.39, 0.29) is 69.3 Å². The molecule has 18 atom stereocenters. The van der Waals surface area contributed by atoms with Crippen molar-refractivity contribution in [2.45, 2.75) is 199 Å². The topological polar surface area (TPSA) is 231 Å². The van der Waals surface area contributed by atoms with Crippen molar-refractivity contribution in [3.63, 3.8) is 0 Å². The van der Waals surface area contributed by atoms with Crippen LogP contribution in [0.2, 0.25) is 0 Å². The van der Waals surface area contributed by atoms with Crippen molar-refractivity contribution in [1.82, 2.24) is 14.5 Å². The van der Waals surface area contributed by atoms with Gasteiger partial charge in [0.2, 0.25) is 5.43 Å². The molecule has 0 saturated carbocycles. The number of esters is 3. The van der Waals surface area contributed by atoms with E-state index in [1.54, 1.807) is 50.6 Å². The monoisotopic (exact) mass is 1160 g/mol. The fourth-order valence-corrected chi connectivity index (χ4v) is 12.6. The Morgan fingerprint density at radius 3 is 2.26 bits per heavy atom. The van der Waals surface area contributed by atoms with E-state index in [0.717, 1.165) is 5.56 Å². The van der Waals surface area contributed by atoms with Gasteiger partial charge in [-0.3, -0.25) is 24.0 Å². The number of rotatable bonds is 18. The third-order valence-corrected chi connectivity index (χ3v) is 16.9. The molecule has 5 heterocycles. The maximum atomic E-state index is 14.9. The van der Waals surface area contributed by atoms with E-state index < -0.39 is 119 Å². The second-order valence-electron chi connectivity index (χ2n) is 24.0. The van der Waals surface area contributed by atoms with Crippen molar-refractivity contribution < 1.29 is 81.1 Å². The lowest BCUT2D eigenvalue weighted by atomic mass is 9.77. The van der Waals surface area contributed by atoms with Gasteiger partial charge in [-0.2, -0.15) is 0 Å². The quantitative estimate of drug-likeness (QED) is 0.101. The predicted molar refractivity (Wildman–Crippen MR) is 305 cm³/mol. The van der Waals surface area contributed by atoms with Crippen molar-refractivity contribution in [3.05, 3.63) is 51.8 Å². The number of pyridine rings is 1. The lowest BCUT2D eigenvalue weighted by Gasteiger charge is -2.49. The Morgan fingerprint density at radius 2 is 1.62 bits per heavy atom. The summed E-state index contributed by atoms with van der Waals surface area (Å²) < 4.78 is 77.0. The minimum absolute atomic E-state index is 0.0558. The Hall–Kier alpha value is -4.75. The zero-order chi connectivity index (χ0) is 60.8. The number of carbonyl (C=O) groups excluding carboxylic acids is 4. The number of hydrogen-bond donors (Lipinski definition) is 1. The summed E-state index contributed by atoms with van der Waals surface area (Å²) in [6, 6.07) is 4.73. The summed E-state index contributed by atoms with van der Waals surface area (Å²) in [4.78, 5) is 70.8. The highest BCUT2D eigenvalue weighted by molar-refractivity contribution is 5.94. The smallest absolute Gasteiger partial charge is 0.462 e. The Balaban J connectivity index is 1.24. The molecule has 0 amide bonds. The van der Waals surface area contributed by atoms with E-state index in [4.69, 9.17) is 56.8 Å². The van der Waals surface area contributed by atoms with Crippen molar-refractivity contribution >= 4 is 41.0 Å². The number of fused-ring (bicyclic) bond motifs is 2. The number of hydrogen-bond acceptors (Lipinski definition) is 21. The molecule has 1 N–H and O–H groups in total. The van der Waals surface area contributed by atoms with E-state index in [0.29, 0.717) is 23.9 Å². The van der Waals surface area contributed by atoms with Gasteiger partial charge in [0.15, 0.2) is 30.4 Å². The molecule has 4 saturated heterocycles. The number of benzene rings is 1. The number of ether oxygens (including phenoxy) is 12. The van der Waals surface area contributed by atoms with Gasteiger partial charge in [-0.25, -0.2) is 9.59 Å². The highest BCUT2D eigenvalue weighted by Crippen LogP contribution is 2.43. The fourth-order valence-electron chi connectivity index (χ4n) is 12.6. The average Bonchev–Trinajstić information content (AvgIpc) is 2.59. The summed E-state index contributed by atoms with van der Waals surface area (Å²) >= 11 is 0. The summed E-state index contributed by atoms with van der Waals surface area (Å²) in [5.74, 6) is -3.93. The van der Waals surface area contributed by atoms with Crippen LogP contribution in [-0.4, -0.2) is 209 Å². The van der Waals surface area contributed by atoms with Crippen molar-refractivity contribution in [2.24, 2.45) is 17.8 Å². The van der Waals surface area contributed by atoms with Gasteiger partial charge < -0.3 is 71.9 Å². The van der Waals surface area contributed by atoms with Crippen LogP contribution in [0.5, 0.6) is 0 Å². The van der Waals surface area contributed by atoms with E-state index in [2.05, 4.69) is 0 Å². The molecule has 4 fully saturated rings. The van der Waals surface area contributed by atoms with Crippen LogP contribution >= 0.6 is 0 Å². The predicted octanol–water partition coefficient (Wildman–Crippen LogP) is 6.10. The SMILES string of the molecule is CCOC(=O)c1cn(N(C)C)c2ccc(C=CCOCCO[C@H]3[C@H](C)O[C@@H](O[C@H]4[C@H](C)[C@@H](O[C@@H]5O[C@H](C)C[C@H](N(C)C)[C@H]5OC(C)=O)[C@](C)(O)C[C@@H](C)CN(C)[C@H](C)[C@@H]5OC(=O)O[C@]5(C)[C@@H](CC)OC(=O)[C@@H]4C)C[C@@]3(C)OC)cc2c1=O. The van der Waals surface area contributed by atoms with Crippen LogP contribution in [0.3, 0.4) is 0 Å². The van der Waals surface area contributed by atoms with Crippen LogP contribution in [0.15, 0.2) is 35.3 Å². The van der Waals surface area contributed by atoms with E-state index in [1.165, 1.54) is 13.1 Å². The number of nitrogens with zero attached hydrogens (tertiary/aromatic N) is 4. The van der Waals surface area contributed by atoms with Gasteiger partial charge in [0.1, 0.15) is 17.8 Å². The van der Waals surface area contributed by atoms with Gasteiger partial charge in [0, 0.05) is 64.6 Å². The summed E-state index contributed by atoms with van der Waals surface area (Å²) in [6.07, 6.45) is -3.06. The molecule has 22 nitrogen and oxygen atoms in total. The van der Waals surface area contributed by atoms with Crippen molar-refractivity contribution in [1.29, 1.82) is 0 Å². The Bertz CT molecular complexity index is 2590. The van der Waals surface area contributed by atoms with Gasteiger partial charge >= 0.3 is 24.1 Å². The standard InChI is InChI=1S/C60H94N4O18/c1-19-46-60(12)52(81-57(69)82-60)38(7)63(17)32-34(3)30-58(10,70)51(80-56-50(77-40(9)65)45(61(13)14)28-35(4)75-56)36(5)49(37(6)54(67)78-46)79-47-31-59(11,71-18)53(39(8)76-47)74-27-26-72-25-21-22-41-23-24-44-42(29-41)48(66)43(55(68)73-20-2)33-64(44)62(15)16/h21-24,29,33-39,45-47,49-53,56,70H,19-20,25-28,30-32H2,1-18H3/t34-,35-,36+,37-,38-,39+,45+,46-,47+,49+,50-,51-,52+,53+,56+,58-,59-,60-/m1/s1. The Morgan fingerprint density at radius 1 is 0.915 bits per heavy atom. The lowest BCUT2D eigenvalue weighted by molar-refractivity contribution is -0.321. The van der Waals surface area contributed by atoms with Crippen LogP contribution < -0.4 is 10.4 Å². The Labute approximate surface area is 484 Å². The third-order valence-electron chi connectivity index (χ3n) is 16.9. The number of carbonyl (C=O) groups is 4. The van der Waals surface area contributed by atoms with Gasteiger partial charge in [0.05, 0.1) is 79.5 Å². The molecular weight excluding hydrogens is 1060 g/mol. The first-order chi connectivity index (χ1) is 38.5. The first kappa shape index (κ1) is 66.4. The van der Waals surface area contributed by atoms with Crippen LogP contribution in [0.25, 0.3) is 17.0 Å². The summed E-state index contributed by atoms with van der Waals surface area (Å²) in [5.41, 5.74) is -3.09. The number of cyclic esters (lactones) is 1. The maximum Gasteiger partial charge on any atom is 0.509 e. The number of methoxy groups -OCH3 is 1. The summed E-state index contributed by atoms with van der Waals surface area (Å²) in [7, 11) is 10.9. The number of aliphatic hydroxyl groups is 1. The molecule has 22 heteroatoms.